The van der Waals surface area contributed by atoms with Crippen LogP contribution in [0.3, 0.4) is 0 Å². The number of rotatable bonds is 3. The molecular weight excluding hydrogens is 486 g/mol. The number of hydrogen-bond acceptors (Lipinski definition) is 3. The van der Waals surface area contributed by atoms with Crippen molar-refractivity contribution in [2.75, 3.05) is 5.32 Å². The summed E-state index contributed by atoms with van der Waals surface area (Å²) in [6.07, 6.45) is 0. The molecule has 28 heavy (non-hydrogen) atoms. The molecule has 4 aromatic rings. The van der Waals surface area contributed by atoms with Gasteiger partial charge in [-0.25, -0.2) is 4.98 Å². The first-order valence-electron chi connectivity index (χ1n) is 8.04. The van der Waals surface area contributed by atoms with Crippen molar-refractivity contribution in [3.8, 4) is 11.5 Å². The summed E-state index contributed by atoms with van der Waals surface area (Å²) in [4.78, 5) is 17.0. The van der Waals surface area contributed by atoms with Crippen LogP contribution in [0.1, 0.15) is 10.4 Å². The van der Waals surface area contributed by atoms with Crippen molar-refractivity contribution in [1.82, 2.24) is 4.98 Å². The normalized spacial score (nSPS) is 11.0. The Morgan fingerprint density at radius 3 is 2.64 bits per heavy atom. The van der Waals surface area contributed by atoms with Crippen LogP contribution in [0.4, 0.5) is 5.69 Å². The zero-order valence-electron chi connectivity index (χ0n) is 14.0. The summed E-state index contributed by atoms with van der Waals surface area (Å²) in [7, 11) is 0. The van der Waals surface area contributed by atoms with Crippen LogP contribution in [-0.4, -0.2) is 10.9 Å². The standard InChI is InChI=1S/C20H10BrCl3N2O2/c21-10-4-6-14(22)13(8-10)19(27)25-11-5-7-17-16(9-11)26-20(28-17)12-2-1-3-15(23)18(12)24/h1-9H,(H,25,27). The molecule has 1 amide bonds. The first kappa shape index (κ1) is 19.3. The minimum atomic E-state index is -0.327. The van der Waals surface area contributed by atoms with E-state index >= 15 is 0 Å². The van der Waals surface area contributed by atoms with Gasteiger partial charge in [0.25, 0.3) is 5.91 Å². The monoisotopic (exact) mass is 494 g/mol. The van der Waals surface area contributed by atoms with Gasteiger partial charge < -0.3 is 9.73 Å². The average Bonchev–Trinajstić information content (AvgIpc) is 3.09. The lowest BCUT2D eigenvalue weighted by Gasteiger charge is -2.07. The highest BCUT2D eigenvalue weighted by Crippen LogP contribution is 2.35. The van der Waals surface area contributed by atoms with E-state index in [-0.39, 0.29) is 5.91 Å². The van der Waals surface area contributed by atoms with Gasteiger partial charge in [0.05, 0.1) is 26.2 Å². The van der Waals surface area contributed by atoms with E-state index in [4.69, 9.17) is 39.2 Å². The van der Waals surface area contributed by atoms with Crippen molar-refractivity contribution in [3.05, 3.63) is 79.7 Å². The Labute approximate surface area is 183 Å². The number of carbonyl (C=O) groups is 1. The molecule has 0 fully saturated rings. The van der Waals surface area contributed by atoms with Gasteiger partial charge in [0.15, 0.2) is 5.58 Å². The largest absolute Gasteiger partial charge is 0.436 e. The maximum atomic E-state index is 12.5. The Morgan fingerprint density at radius 1 is 1.00 bits per heavy atom. The quantitative estimate of drug-likeness (QED) is 0.320. The van der Waals surface area contributed by atoms with Crippen molar-refractivity contribution in [1.29, 1.82) is 0 Å². The number of oxazole rings is 1. The minimum Gasteiger partial charge on any atom is -0.436 e. The number of hydrogen-bond donors (Lipinski definition) is 1. The van der Waals surface area contributed by atoms with E-state index in [9.17, 15) is 4.79 Å². The first-order chi connectivity index (χ1) is 13.4. The number of nitrogens with zero attached hydrogens (tertiary/aromatic N) is 1. The molecule has 140 valence electrons. The van der Waals surface area contributed by atoms with Gasteiger partial charge in [0.1, 0.15) is 5.52 Å². The molecule has 0 bridgehead atoms. The number of carbonyl (C=O) groups excluding carboxylic acids is 1. The maximum Gasteiger partial charge on any atom is 0.257 e. The van der Waals surface area contributed by atoms with Gasteiger partial charge in [-0.3, -0.25) is 4.79 Å². The molecule has 0 radical (unpaired) electrons. The van der Waals surface area contributed by atoms with Crippen LogP contribution in [0.15, 0.2) is 63.5 Å². The predicted octanol–water partition coefficient (Wildman–Crippen LogP) is 7.47. The van der Waals surface area contributed by atoms with E-state index in [0.29, 0.717) is 48.9 Å². The summed E-state index contributed by atoms with van der Waals surface area (Å²) >= 11 is 21.8. The highest BCUT2D eigenvalue weighted by Gasteiger charge is 2.15. The number of fused-ring (bicyclic) bond motifs is 1. The summed E-state index contributed by atoms with van der Waals surface area (Å²) in [5, 5.41) is 3.96. The van der Waals surface area contributed by atoms with E-state index in [1.165, 1.54) is 0 Å². The molecule has 0 aliphatic heterocycles. The summed E-state index contributed by atoms with van der Waals surface area (Å²) < 4.78 is 6.54. The Bertz CT molecular complexity index is 1220. The second-order valence-corrected chi connectivity index (χ2v) is 7.99. The van der Waals surface area contributed by atoms with Crippen LogP contribution in [0.25, 0.3) is 22.6 Å². The van der Waals surface area contributed by atoms with E-state index < -0.39 is 0 Å². The fraction of sp³-hybridized carbons (Fsp3) is 0. The van der Waals surface area contributed by atoms with Gasteiger partial charge in [-0.1, -0.05) is 56.8 Å². The third-order valence-electron chi connectivity index (χ3n) is 4.00. The predicted molar refractivity (Wildman–Crippen MR) is 117 cm³/mol. The van der Waals surface area contributed by atoms with E-state index in [2.05, 4.69) is 26.2 Å². The van der Waals surface area contributed by atoms with Gasteiger partial charge in [-0.05, 0) is 48.5 Å². The fourth-order valence-corrected chi connectivity index (χ4v) is 3.61. The van der Waals surface area contributed by atoms with Crippen LogP contribution in [0.2, 0.25) is 15.1 Å². The molecule has 0 spiro atoms. The molecule has 8 heteroatoms. The minimum absolute atomic E-state index is 0.327. The number of benzene rings is 3. The smallest absolute Gasteiger partial charge is 0.257 e. The van der Waals surface area contributed by atoms with Gasteiger partial charge in [0.2, 0.25) is 5.89 Å². The highest BCUT2D eigenvalue weighted by atomic mass is 79.9. The summed E-state index contributed by atoms with van der Waals surface area (Å²) in [5.41, 5.74) is 2.65. The molecule has 0 saturated heterocycles. The number of nitrogens with one attached hydrogen (secondary N) is 1. The van der Waals surface area contributed by atoms with Gasteiger partial charge >= 0.3 is 0 Å². The van der Waals surface area contributed by atoms with Crippen molar-refractivity contribution in [2.24, 2.45) is 0 Å². The van der Waals surface area contributed by atoms with E-state index in [1.54, 1.807) is 54.6 Å². The Balaban J connectivity index is 1.66. The van der Waals surface area contributed by atoms with E-state index in [0.717, 1.165) is 4.47 Å². The third kappa shape index (κ3) is 3.76. The number of aromatic nitrogens is 1. The Kier molecular flexibility index (Phi) is 5.34. The van der Waals surface area contributed by atoms with Crippen molar-refractivity contribution in [2.45, 2.75) is 0 Å². The van der Waals surface area contributed by atoms with Crippen LogP contribution in [-0.2, 0) is 0 Å². The number of halogens is 4. The summed E-state index contributed by atoms with van der Waals surface area (Å²) in [6, 6.07) is 15.5. The lowest BCUT2D eigenvalue weighted by atomic mass is 10.2. The first-order valence-corrected chi connectivity index (χ1v) is 9.96. The lowest BCUT2D eigenvalue weighted by Crippen LogP contribution is -2.12. The molecule has 4 nitrogen and oxygen atoms in total. The van der Waals surface area contributed by atoms with Crippen molar-refractivity contribution < 1.29 is 9.21 Å². The summed E-state index contributed by atoms with van der Waals surface area (Å²) in [5.74, 6) is 0.0215. The van der Waals surface area contributed by atoms with Gasteiger partial charge in [0, 0.05) is 10.2 Å². The van der Waals surface area contributed by atoms with Crippen molar-refractivity contribution >= 4 is 73.4 Å². The van der Waals surface area contributed by atoms with Crippen LogP contribution < -0.4 is 5.32 Å². The Hall–Kier alpha value is -2.05. The van der Waals surface area contributed by atoms with Crippen LogP contribution >= 0.6 is 50.7 Å². The zero-order valence-corrected chi connectivity index (χ0v) is 17.8. The highest BCUT2D eigenvalue weighted by molar-refractivity contribution is 9.10. The van der Waals surface area contributed by atoms with Crippen LogP contribution in [0.5, 0.6) is 0 Å². The fourth-order valence-electron chi connectivity index (χ4n) is 2.66. The molecule has 1 heterocycles. The van der Waals surface area contributed by atoms with E-state index in [1.807, 2.05) is 0 Å². The maximum absolute atomic E-state index is 12.5. The van der Waals surface area contributed by atoms with Crippen LogP contribution in [0, 0.1) is 0 Å². The molecule has 0 atom stereocenters. The molecule has 0 aliphatic rings. The molecule has 3 aromatic carbocycles. The number of anilines is 1. The Morgan fingerprint density at radius 2 is 1.82 bits per heavy atom. The molecule has 1 aromatic heterocycles. The van der Waals surface area contributed by atoms with Crippen molar-refractivity contribution in [3.63, 3.8) is 0 Å². The number of amides is 1. The van der Waals surface area contributed by atoms with Gasteiger partial charge in [-0.15, -0.1) is 0 Å². The second kappa shape index (κ2) is 7.76. The summed E-state index contributed by atoms with van der Waals surface area (Å²) in [6.45, 7) is 0. The average molecular weight is 497 g/mol. The molecule has 0 unspecified atom stereocenters. The topological polar surface area (TPSA) is 55.1 Å². The molecular formula is C20H10BrCl3N2O2. The SMILES string of the molecule is O=C(Nc1ccc2oc(-c3cccc(Cl)c3Cl)nc2c1)c1cc(Br)ccc1Cl. The molecule has 1 N–H and O–H groups in total. The van der Waals surface area contributed by atoms with Gasteiger partial charge in [-0.2, -0.15) is 0 Å². The lowest BCUT2D eigenvalue weighted by molar-refractivity contribution is 0.102. The third-order valence-corrected chi connectivity index (χ3v) is 5.64. The second-order valence-electron chi connectivity index (χ2n) is 5.88. The molecule has 0 saturated carbocycles. The zero-order chi connectivity index (χ0) is 19.8. The molecule has 0 aliphatic carbocycles. The molecule has 4 rings (SSSR count).